The maximum absolute atomic E-state index is 13.2. The van der Waals surface area contributed by atoms with Crippen molar-refractivity contribution >= 4 is 28.7 Å². The number of likely N-dealkylation sites (tertiary alicyclic amines) is 1. The van der Waals surface area contributed by atoms with Crippen molar-refractivity contribution in [3.63, 3.8) is 0 Å². The fourth-order valence-corrected chi connectivity index (χ4v) is 5.30. The van der Waals surface area contributed by atoms with Crippen LogP contribution in [0.25, 0.3) is 22.2 Å². The highest BCUT2D eigenvalue weighted by atomic mass is 16.5. The van der Waals surface area contributed by atoms with E-state index < -0.39 is 0 Å². The lowest BCUT2D eigenvalue weighted by Gasteiger charge is -2.32. The second-order valence-electron chi connectivity index (χ2n) is 10.5. The Morgan fingerprint density at radius 1 is 1.12 bits per heavy atom. The van der Waals surface area contributed by atoms with Crippen molar-refractivity contribution in [3.8, 4) is 11.1 Å². The molecule has 0 bridgehead atoms. The first-order valence-corrected chi connectivity index (χ1v) is 13.6. The number of benzene rings is 1. The predicted molar refractivity (Wildman–Crippen MR) is 156 cm³/mol. The predicted octanol–water partition coefficient (Wildman–Crippen LogP) is 4.30. The molecule has 4 heterocycles. The summed E-state index contributed by atoms with van der Waals surface area (Å²) in [5.74, 6) is 1.09. The number of anilines is 1. The molecule has 1 atom stereocenters. The third kappa shape index (κ3) is 5.70. The Labute approximate surface area is 234 Å². The summed E-state index contributed by atoms with van der Waals surface area (Å²) in [5.41, 5.74) is 5.76. The zero-order valence-electron chi connectivity index (χ0n) is 23.6. The van der Waals surface area contributed by atoms with E-state index in [1.165, 1.54) is 0 Å². The summed E-state index contributed by atoms with van der Waals surface area (Å²) < 4.78 is 7.16. The number of carbonyl (C=O) groups excluding carboxylic acids is 2. The number of rotatable bonds is 9. The fraction of sp³-hybridized carbons (Fsp3) is 0.355. The lowest BCUT2D eigenvalue weighted by molar-refractivity contribution is -0.134. The molecule has 1 N–H and O–H groups in total. The van der Waals surface area contributed by atoms with Crippen molar-refractivity contribution in [2.45, 2.75) is 25.3 Å². The maximum atomic E-state index is 13.2. The second kappa shape index (κ2) is 11.9. The first kappa shape index (κ1) is 27.3. The van der Waals surface area contributed by atoms with Gasteiger partial charge in [-0.3, -0.25) is 9.59 Å². The van der Waals surface area contributed by atoms with Gasteiger partial charge < -0.3 is 24.4 Å². The van der Waals surface area contributed by atoms with Gasteiger partial charge in [-0.1, -0.05) is 12.1 Å². The fourth-order valence-electron chi connectivity index (χ4n) is 5.30. The van der Waals surface area contributed by atoms with E-state index in [9.17, 15) is 9.59 Å². The van der Waals surface area contributed by atoms with Crippen molar-refractivity contribution in [3.05, 3.63) is 77.7 Å². The average molecular weight is 541 g/mol. The SMILES string of the molecule is COCCNc1ccc(-c2ccnc3c2cc(CN2CCC(c4ccc(C(=O)N(C)C)cc4)CC2=O)n3C)cn1. The molecule has 1 saturated heterocycles. The van der Waals surface area contributed by atoms with Crippen LogP contribution in [0, 0.1) is 0 Å². The zero-order valence-corrected chi connectivity index (χ0v) is 23.6. The highest BCUT2D eigenvalue weighted by Gasteiger charge is 2.28. The van der Waals surface area contributed by atoms with Crippen LogP contribution in [0.2, 0.25) is 0 Å². The smallest absolute Gasteiger partial charge is 0.253 e. The van der Waals surface area contributed by atoms with E-state index >= 15 is 0 Å². The molecule has 0 radical (unpaired) electrons. The molecule has 4 aromatic rings. The summed E-state index contributed by atoms with van der Waals surface area (Å²) in [6.45, 7) is 2.54. The Morgan fingerprint density at radius 3 is 2.60 bits per heavy atom. The third-order valence-electron chi connectivity index (χ3n) is 7.62. The van der Waals surface area contributed by atoms with Crippen LogP contribution in [0.1, 0.15) is 40.4 Å². The standard InChI is InChI=1S/C31H36N6O3/c1-35(2)31(39)22-7-5-21(6-8-22)23-12-15-37(29(38)17-23)20-25-18-27-26(11-13-33-30(27)36(25)3)24-9-10-28(34-19-24)32-14-16-40-4/h5-11,13,18-19,23H,12,14-17,20H2,1-4H3,(H,32,34). The number of ether oxygens (including phenoxy) is 1. The van der Waals surface area contributed by atoms with Gasteiger partial charge in [0, 0.05) is 82.4 Å². The molecule has 1 aromatic carbocycles. The van der Waals surface area contributed by atoms with Crippen LogP contribution < -0.4 is 5.32 Å². The largest absolute Gasteiger partial charge is 0.383 e. The summed E-state index contributed by atoms with van der Waals surface area (Å²) in [6.07, 6.45) is 5.04. The summed E-state index contributed by atoms with van der Waals surface area (Å²) >= 11 is 0. The van der Waals surface area contributed by atoms with Crippen LogP contribution in [-0.2, 0) is 23.1 Å². The number of hydrogen-bond acceptors (Lipinski definition) is 6. The molecule has 0 spiro atoms. The third-order valence-corrected chi connectivity index (χ3v) is 7.62. The molecule has 9 heteroatoms. The molecular formula is C31H36N6O3. The van der Waals surface area contributed by atoms with E-state index in [-0.39, 0.29) is 17.7 Å². The van der Waals surface area contributed by atoms with Crippen molar-refractivity contribution in [1.82, 2.24) is 24.3 Å². The van der Waals surface area contributed by atoms with E-state index in [1.54, 1.807) is 26.1 Å². The Hall–Kier alpha value is -4.24. The lowest BCUT2D eigenvalue weighted by Crippen LogP contribution is -2.38. The molecule has 1 aliphatic heterocycles. The maximum Gasteiger partial charge on any atom is 0.253 e. The Balaban J connectivity index is 1.28. The number of aryl methyl sites for hydroxylation is 1. The quantitative estimate of drug-likeness (QED) is 0.318. The Bertz CT molecular complexity index is 1490. The summed E-state index contributed by atoms with van der Waals surface area (Å²) in [4.78, 5) is 38.1. The normalized spacial score (nSPS) is 15.4. The molecule has 1 unspecified atom stereocenters. The van der Waals surface area contributed by atoms with Gasteiger partial charge in [-0.05, 0) is 59.9 Å². The first-order chi connectivity index (χ1) is 19.4. The molecule has 1 fully saturated rings. The molecule has 208 valence electrons. The molecule has 0 saturated carbocycles. The van der Waals surface area contributed by atoms with Crippen LogP contribution in [-0.4, -0.2) is 77.1 Å². The second-order valence-corrected chi connectivity index (χ2v) is 10.5. The van der Waals surface area contributed by atoms with E-state index in [0.717, 1.165) is 45.7 Å². The van der Waals surface area contributed by atoms with Gasteiger partial charge in [-0.15, -0.1) is 0 Å². The Morgan fingerprint density at radius 2 is 1.93 bits per heavy atom. The van der Waals surface area contributed by atoms with Crippen molar-refractivity contribution in [2.75, 3.05) is 46.2 Å². The molecular weight excluding hydrogens is 504 g/mol. The van der Waals surface area contributed by atoms with Gasteiger partial charge in [0.15, 0.2) is 0 Å². The van der Waals surface area contributed by atoms with Gasteiger partial charge in [0.25, 0.3) is 5.91 Å². The van der Waals surface area contributed by atoms with Gasteiger partial charge in [-0.25, -0.2) is 9.97 Å². The zero-order chi connectivity index (χ0) is 28.2. The molecule has 40 heavy (non-hydrogen) atoms. The minimum Gasteiger partial charge on any atom is -0.383 e. The summed E-state index contributed by atoms with van der Waals surface area (Å²) in [7, 11) is 7.17. The number of nitrogens with one attached hydrogen (secondary N) is 1. The van der Waals surface area contributed by atoms with E-state index in [0.29, 0.717) is 38.2 Å². The number of pyridine rings is 2. The van der Waals surface area contributed by atoms with Crippen molar-refractivity contribution < 1.29 is 14.3 Å². The van der Waals surface area contributed by atoms with Crippen LogP contribution in [0.3, 0.4) is 0 Å². The molecule has 3 aromatic heterocycles. The van der Waals surface area contributed by atoms with Gasteiger partial charge >= 0.3 is 0 Å². The van der Waals surface area contributed by atoms with Gasteiger partial charge in [0.2, 0.25) is 5.91 Å². The number of methoxy groups -OCH3 is 1. The highest BCUT2D eigenvalue weighted by Crippen LogP contribution is 2.32. The summed E-state index contributed by atoms with van der Waals surface area (Å²) in [6, 6.07) is 15.9. The minimum absolute atomic E-state index is 0.0201. The van der Waals surface area contributed by atoms with Crippen molar-refractivity contribution in [2.24, 2.45) is 7.05 Å². The first-order valence-electron chi connectivity index (χ1n) is 13.6. The van der Waals surface area contributed by atoms with Crippen LogP contribution in [0.5, 0.6) is 0 Å². The van der Waals surface area contributed by atoms with E-state index in [1.807, 2.05) is 60.7 Å². The Kier molecular flexibility index (Phi) is 8.11. The molecule has 0 aliphatic carbocycles. The molecule has 9 nitrogen and oxygen atoms in total. The summed E-state index contributed by atoms with van der Waals surface area (Å²) in [5, 5.41) is 4.28. The minimum atomic E-state index is -0.0201. The van der Waals surface area contributed by atoms with Gasteiger partial charge in [-0.2, -0.15) is 0 Å². The number of hydrogen-bond donors (Lipinski definition) is 1. The number of carbonyl (C=O) groups is 2. The average Bonchev–Trinajstić information content (AvgIpc) is 3.29. The number of aromatic nitrogens is 3. The number of nitrogens with zero attached hydrogens (tertiary/aromatic N) is 5. The molecule has 2 amide bonds. The van der Waals surface area contributed by atoms with E-state index in [2.05, 4.69) is 32.0 Å². The van der Waals surface area contributed by atoms with Crippen LogP contribution in [0.4, 0.5) is 5.82 Å². The van der Waals surface area contributed by atoms with Gasteiger partial charge in [0.1, 0.15) is 11.5 Å². The van der Waals surface area contributed by atoms with E-state index in [4.69, 9.17) is 4.74 Å². The van der Waals surface area contributed by atoms with Crippen molar-refractivity contribution in [1.29, 1.82) is 0 Å². The van der Waals surface area contributed by atoms with Crippen LogP contribution in [0.15, 0.2) is 60.9 Å². The highest BCUT2D eigenvalue weighted by molar-refractivity contribution is 5.94. The number of piperidine rings is 1. The molecule has 1 aliphatic rings. The number of fused-ring (bicyclic) bond motifs is 1. The number of amides is 2. The van der Waals surface area contributed by atoms with Gasteiger partial charge in [0.05, 0.1) is 13.2 Å². The monoisotopic (exact) mass is 540 g/mol. The molecule has 5 rings (SSSR count). The van der Waals surface area contributed by atoms with Crippen LogP contribution >= 0.6 is 0 Å². The lowest BCUT2D eigenvalue weighted by atomic mass is 9.88. The topological polar surface area (TPSA) is 92.6 Å².